The number of ether oxygens (including phenoxy) is 1. The normalized spacial score (nSPS) is 24.3. The average Bonchev–Trinajstić information content (AvgIpc) is 3.12. The topological polar surface area (TPSA) is 68.5 Å². The first-order chi connectivity index (χ1) is 11.7. The van der Waals surface area contributed by atoms with Gasteiger partial charge in [0.05, 0.1) is 18.8 Å². The molecule has 0 spiro atoms. The molecule has 1 aliphatic carbocycles. The zero-order chi connectivity index (χ0) is 16.6. The van der Waals surface area contributed by atoms with E-state index in [-0.39, 0.29) is 11.4 Å². The summed E-state index contributed by atoms with van der Waals surface area (Å²) >= 11 is 1.59. The molecule has 1 amide bonds. The van der Waals surface area contributed by atoms with E-state index < -0.39 is 0 Å². The van der Waals surface area contributed by atoms with E-state index in [9.17, 15) is 4.79 Å². The fraction of sp³-hybridized carbons (Fsp3) is 0.588. The van der Waals surface area contributed by atoms with Crippen LogP contribution in [0.3, 0.4) is 0 Å². The second-order valence-corrected chi connectivity index (χ2v) is 7.52. The Morgan fingerprint density at radius 1 is 1.46 bits per heavy atom. The van der Waals surface area contributed by atoms with E-state index in [1.54, 1.807) is 11.3 Å². The van der Waals surface area contributed by atoms with E-state index in [0.717, 1.165) is 5.56 Å². The van der Waals surface area contributed by atoms with Gasteiger partial charge in [0, 0.05) is 30.3 Å². The fourth-order valence-electron chi connectivity index (χ4n) is 3.43. The molecule has 2 aliphatic rings. The summed E-state index contributed by atoms with van der Waals surface area (Å²) in [5, 5.41) is 12.1. The van der Waals surface area contributed by atoms with Crippen molar-refractivity contribution in [1.29, 1.82) is 0 Å². The summed E-state index contributed by atoms with van der Waals surface area (Å²) in [5.74, 6) is 1.78. The second kappa shape index (κ2) is 6.29. The Bertz CT molecular complexity index is 710. The predicted molar refractivity (Wildman–Crippen MR) is 89.6 cm³/mol. The molecule has 0 radical (unpaired) electrons. The highest BCUT2D eigenvalue weighted by Gasteiger charge is 2.49. The lowest BCUT2D eigenvalue weighted by atomic mass is 9.92. The molecule has 0 bridgehead atoms. The minimum Gasteiger partial charge on any atom is -0.421 e. The third kappa shape index (κ3) is 2.98. The van der Waals surface area contributed by atoms with Crippen molar-refractivity contribution >= 4 is 17.2 Å². The number of aromatic nitrogens is 2. The Morgan fingerprint density at radius 2 is 2.33 bits per heavy atom. The van der Waals surface area contributed by atoms with Gasteiger partial charge in [-0.2, -0.15) is 11.3 Å². The number of hydrogen-bond donors (Lipinski definition) is 0. The van der Waals surface area contributed by atoms with Crippen LogP contribution in [0.5, 0.6) is 0 Å². The summed E-state index contributed by atoms with van der Waals surface area (Å²) in [7, 11) is 0. The zero-order valence-electron chi connectivity index (χ0n) is 13.7. The van der Waals surface area contributed by atoms with Gasteiger partial charge in [0.1, 0.15) is 0 Å². The number of carbonyl (C=O) groups is 1. The van der Waals surface area contributed by atoms with Crippen molar-refractivity contribution in [3.8, 4) is 11.5 Å². The van der Waals surface area contributed by atoms with E-state index in [2.05, 4.69) is 17.1 Å². The van der Waals surface area contributed by atoms with Crippen LogP contribution in [-0.2, 0) is 16.0 Å². The Hall–Kier alpha value is -1.73. The van der Waals surface area contributed by atoms with Crippen LogP contribution in [0.4, 0.5) is 0 Å². The van der Waals surface area contributed by atoms with Gasteiger partial charge in [-0.3, -0.25) is 4.79 Å². The van der Waals surface area contributed by atoms with Crippen molar-refractivity contribution in [3.63, 3.8) is 0 Å². The van der Waals surface area contributed by atoms with Gasteiger partial charge in [0.2, 0.25) is 17.7 Å². The van der Waals surface area contributed by atoms with Crippen LogP contribution in [-0.4, -0.2) is 46.3 Å². The van der Waals surface area contributed by atoms with E-state index in [0.29, 0.717) is 50.3 Å². The van der Waals surface area contributed by atoms with Crippen LogP contribution < -0.4 is 0 Å². The number of aryl methyl sites for hydroxylation is 1. The van der Waals surface area contributed by atoms with E-state index in [1.165, 1.54) is 12.8 Å². The predicted octanol–water partition coefficient (Wildman–Crippen LogP) is 2.76. The minimum absolute atomic E-state index is 0.147. The molecule has 7 heteroatoms. The van der Waals surface area contributed by atoms with Gasteiger partial charge < -0.3 is 14.1 Å². The highest BCUT2D eigenvalue weighted by atomic mass is 32.1. The molecule has 6 nitrogen and oxygen atoms in total. The summed E-state index contributed by atoms with van der Waals surface area (Å²) in [6.45, 7) is 4.10. The molecule has 0 aromatic carbocycles. The van der Waals surface area contributed by atoms with Gasteiger partial charge in [-0.15, -0.1) is 10.2 Å². The maximum absolute atomic E-state index is 12.7. The number of nitrogens with zero attached hydrogens (tertiary/aromatic N) is 3. The first-order valence-electron chi connectivity index (χ1n) is 8.40. The van der Waals surface area contributed by atoms with Crippen LogP contribution in [0.15, 0.2) is 21.2 Å². The minimum atomic E-state index is -0.147. The number of carbonyl (C=O) groups excluding carboxylic acids is 1. The third-order valence-corrected chi connectivity index (χ3v) is 5.70. The summed E-state index contributed by atoms with van der Waals surface area (Å²) < 4.78 is 11.3. The van der Waals surface area contributed by atoms with Crippen molar-refractivity contribution in [2.45, 2.75) is 38.1 Å². The lowest BCUT2D eigenvalue weighted by molar-refractivity contribution is -0.150. The molecule has 1 atom stereocenters. The molecular weight excluding hydrogens is 326 g/mol. The average molecular weight is 347 g/mol. The largest absolute Gasteiger partial charge is 0.421 e. The van der Waals surface area contributed by atoms with Gasteiger partial charge in [-0.05, 0) is 37.1 Å². The first kappa shape index (κ1) is 15.8. The molecule has 24 heavy (non-hydrogen) atoms. The third-order valence-electron chi connectivity index (χ3n) is 5.02. The number of rotatable bonds is 5. The Kier molecular flexibility index (Phi) is 4.14. The van der Waals surface area contributed by atoms with Gasteiger partial charge >= 0.3 is 0 Å². The number of thiophene rings is 1. The summed E-state index contributed by atoms with van der Waals surface area (Å²) in [5.41, 5.74) is 0.783. The van der Waals surface area contributed by atoms with Gasteiger partial charge in [0.15, 0.2) is 0 Å². The molecule has 2 fully saturated rings. The summed E-state index contributed by atoms with van der Waals surface area (Å²) in [4.78, 5) is 14.8. The molecule has 2 aromatic heterocycles. The monoisotopic (exact) mass is 347 g/mol. The lowest BCUT2D eigenvalue weighted by Gasteiger charge is -2.45. The van der Waals surface area contributed by atoms with Crippen LogP contribution in [0.2, 0.25) is 0 Å². The molecule has 128 valence electrons. The molecule has 4 rings (SSSR count). The maximum atomic E-state index is 12.7. The fourth-order valence-corrected chi connectivity index (χ4v) is 4.06. The molecule has 0 N–H and O–H groups in total. The van der Waals surface area contributed by atoms with Crippen LogP contribution >= 0.6 is 11.3 Å². The quantitative estimate of drug-likeness (QED) is 0.832. The van der Waals surface area contributed by atoms with Crippen molar-refractivity contribution in [2.75, 3.05) is 19.8 Å². The standard InChI is InChI=1S/C17H21N3O3S/c1-17(13-2-3-13)11-22-8-7-20(17)15(21)5-4-14-18-19-16(23-14)12-6-9-24-10-12/h6,9-10,13H,2-5,7-8,11H2,1H3. The van der Waals surface area contributed by atoms with Crippen LogP contribution in [0, 0.1) is 5.92 Å². The van der Waals surface area contributed by atoms with Crippen molar-refractivity contribution < 1.29 is 13.9 Å². The highest BCUT2D eigenvalue weighted by Crippen LogP contribution is 2.44. The highest BCUT2D eigenvalue weighted by molar-refractivity contribution is 7.08. The lowest BCUT2D eigenvalue weighted by Crippen LogP contribution is -2.58. The SMILES string of the molecule is CC1(C2CC2)COCCN1C(=O)CCc1nnc(-c2ccsc2)o1. The van der Waals surface area contributed by atoms with E-state index in [1.807, 2.05) is 21.7 Å². The van der Waals surface area contributed by atoms with Gasteiger partial charge in [-0.1, -0.05) is 0 Å². The van der Waals surface area contributed by atoms with E-state index >= 15 is 0 Å². The first-order valence-corrected chi connectivity index (χ1v) is 9.34. The smallest absolute Gasteiger partial charge is 0.248 e. The molecule has 1 saturated heterocycles. The molecule has 3 heterocycles. The zero-order valence-corrected chi connectivity index (χ0v) is 14.6. The maximum Gasteiger partial charge on any atom is 0.248 e. The Labute approximate surface area is 144 Å². The van der Waals surface area contributed by atoms with Crippen molar-refractivity contribution in [2.24, 2.45) is 5.92 Å². The summed E-state index contributed by atoms with van der Waals surface area (Å²) in [6, 6.07) is 1.95. The van der Waals surface area contributed by atoms with E-state index in [4.69, 9.17) is 9.15 Å². The van der Waals surface area contributed by atoms with Crippen LogP contribution in [0.25, 0.3) is 11.5 Å². The Balaban J connectivity index is 1.39. The molecule has 1 saturated carbocycles. The molecule has 2 aromatic rings. The number of amides is 1. The Morgan fingerprint density at radius 3 is 3.08 bits per heavy atom. The van der Waals surface area contributed by atoms with Gasteiger partial charge in [0.25, 0.3) is 0 Å². The number of morpholine rings is 1. The van der Waals surface area contributed by atoms with Crippen molar-refractivity contribution in [1.82, 2.24) is 15.1 Å². The summed E-state index contributed by atoms with van der Waals surface area (Å²) in [6.07, 6.45) is 3.26. The molecule has 1 aliphatic heterocycles. The van der Waals surface area contributed by atoms with Gasteiger partial charge in [-0.25, -0.2) is 0 Å². The van der Waals surface area contributed by atoms with Crippen LogP contribution in [0.1, 0.15) is 32.1 Å². The molecule has 1 unspecified atom stereocenters. The second-order valence-electron chi connectivity index (χ2n) is 6.74. The molecular formula is C17H21N3O3S. The number of hydrogen-bond acceptors (Lipinski definition) is 6. The van der Waals surface area contributed by atoms with Crippen molar-refractivity contribution in [3.05, 3.63) is 22.7 Å².